The fraction of sp³-hybridized carbons (Fsp3) is 0.600. The van der Waals surface area contributed by atoms with Gasteiger partial charge in [0, 0.05) is 17.1 Å². The van der Waals surface area contributed by atoms with Crippen LogP contribution in [0.15, 0.2) is 24.3 Å². The minimum Gasteiger partial charge on any atom is -0.354 e. The molecule has 1 atom stereocenters. The molecule has 3 rings (SSSR count). The van der Waals surface area contributed by atoms with E-state index in [4.69, 9.17) is 16.3 Å². The van der Waals surface area contributed by atoms with E-state index in [1.165, 1.54) is 0 Å². The van der Waals surface area contributed by atoms with Crippen LogP contribution in [-0.4, -0.2) is 41.6 Å². The van der Waals surface area contributed by atoms with Crippen molar-refractivity contribution < 1.29 is 14.3 Å². The van der Waals surface area contributed by atoms with Crippen molar-refractivity contribution in [1.29, 1.82) is 0 Å². The van der Waals surface area contributed by atoms with Crippen LogP contribution in [0.3, 0.4) is 0 Å². The number of carbonyl (C=O) groups is 2. The highest BCUT2D eigenvalue weighted by molar-refractivity contribution is 6.30. The largest absolute Gasteiger partial charge is 0.354 e. The van der Waals surface area contributed by atoms with E-state index in [0.717, 1.165) is 32.1 Å². The van der Waals surface area contributed by atoms with Crippen LogP contribution >= 0.6 is 11.6 Å². The third-order valence-electron chi connectivity index (χ3n) is 5.19. The quantitative estimate of drug-likeness (QED) is 0.870. The van der Waals surface area contributed by atoms with E-state index >= 15 is 0 Å². The van der Waals surface area contributed by atoms with Gasteiger partial charge in [-0.05, 0) is 55.9 Å². The van der Waals surface area contributed by atoms with Gasteiger partial charge < -0.3 is 10.1 Å². The number of rotatable bonds is 4. The molecule has 142 valence electrons. The monoisotopic (exact) mass is 378 g/mol. The van der Waals surface area contributed by atoms with E-state index < -0.39 is 11.8 Å². The third-order valence-corrected chi connectivity index (χ3v) is 5.44. The smallest absolute Gasteiger partial charge is 0.256 e. The Morgan fingerprint density at radius 3 is 2.50 bits per heavy atom. The van der Waals surface area contributed by atoms with Gasteiger partial charge in [0.05, 0.1) is 6.61 Å². The van der Waals surface area contributed by atoms with E-state index in [-0.39, 0.29) is 18.4 Å². The molecule has 1 spiro atoms. The molecular weight excluding hydrogens is 352 g/mol. The maximum absolute atomic E-state index is 13.3. The molecule has 1 aliphatic carbocycles. The van der Waals surface area contributed by atoms with Gasteiger partial charge in [-0.1, -0.05) is 31.9 Å². The van der Waals surface area contributed by atoms with Crippen molar-refractivity contribution in [2.75, 3.05) is 13.2 Å². The second-order valence-corrected chi connectivity index (χ2v) is 8.09. The Morgan fingerprint density at radius 2 is 1.88 bits per heavy atom. The second kappa shape index (κ2) is 7.97. The molecule has 0 bridgehead atoms. The summed E-state index contributed by atoms with van der Waals surface area (Å²) < 4.78 is 6.12. The molecule has 1 aliphatic heterocycles. The van der Waals surface area contributed by atoms with Crippen LogP contribution in [-0.2, 0) is 9.53 Å². The first kappa shape index (κ1) is 19.2. The number of nitrogens with one attached hydrogen (secondary N) is 1. The van der Waals surface area contributed by atoms with Gasteiger partial charge in [0.15, 0.2) is 0 Å². The maximum Gasteiger partial charge on any atom is 0.256 e. The van der Waals surface area contributed by atoms with Crippen LogP contribution < -0.4 is 5.32 Å². The first-order chi connectivity index (χ1) is 12.4. The number of hydrogen-bond donors (Lipinski definition) is 1. The summed E-state index contributed by atoms with van der Waals surface area (Å²) in [6, 6.07) is 6.24. The highest BCUT2D eigenvalue weighted by Gasteiger charge is 2.52. The number of carbonyl (C=O) groups excluding carboxylic acids is 2. The zero-order chi connectivity index (χ0) is 18.7. The van der Waals surface area contributed by atoms with Crippen LogP contribution in [0.5, 0.6) is 0 Å². The number of nitrogens with zero attached hydrogens (tertiary/aromatic N) is 1. The standard InChI is InChI=1S/C20H27ClN2O3/c1-14(2)12-22-18(24)17-13-26-20(10-4-3-5-11-20)23(17)19(25)15-6-8-16(21)9-7-15/h6-9,14,17H,3-5,10-13H2,1-2H3,(H,22,24). The average molecular weight is 379 g/mol. The summed E-state index contributed by atoms with van der Waals surface area (Å²) in [5.74, 6) is 0.0551. The zero-order valence-electron chi connectivity index (χ0n) is 15.5. The maximum atomic E-state index is 13.3. The Hall–Kier alpha value is -1.59. The van der Waals surface area contributed by atoms with Crippen LogP contribution in [0.2, 0.25) is 5.02 Å². The SMILES string of the molecule is CC(C)CNC(=O)C1COC2(CCCCC2)N1C(=O)c1ccc(Cl)cc1. The minimum absolute atomic E-state index is 0.136. The van der Waals surface area contributed by atoms with Crippen molar-refractivity contribution in [1.82, 2.24) is 10.2 Å². The molecule has 1 saturated heterocycles. The number of hydrogen-bond acceptors (Lipinski definition) is 3. The summed E-state index contributed by atoms with van der Waals surface area (Å²) in [6.45, 7) is 4.93. The zero-order valence-corrected chi connectivity index (χ0v) is 16.2. The van der Waals surface area contributed by atoms with Crippen LogP contribution in [0.1, 0.15) is 56.3 Å². The fourth-order valence-corrected chi connectivity index (χ4v) is 3.95. The summed E-state index contributed by atoms with van der Waals surface area (Å²) in [4.78, 5) is 27.8. The topological polar surface area (TPSA) is 58.6 Å². The Kier molecular flexibility index (Phi) is 5.88. The van der Waals surface area contributed by atoms with Crippen molar-refractivity contribution in [2.45, 2.75) is 57.7 Å². The molecule has 1 saturated carbocycles. The summed E-state index contributed by atoms with van der Waals surface area (Å²) >= 11 is 5.95. The van der Waals surface area contributed by atoms with E-state index in [1.54, 1.807) is 29.2 Å². The van der Waals surface area contributed by atoms with E-state index in [2.05, 4.69) is 5.32 Å². The highest BCUT2D eigenvalue weighted by Crippen LogP contribution is 2.41. The van der Waals surface area contributed by atoms with Crippen molar-refractivity contribution >= 4 is 23.4 Å². The van der Waals surface area contributed by atoms with Gasteiger partial charge in [-0.15, -0.1) is 0 Å². The predicted octanol–water partition coefficient (Wildman–Crippen LogP) is 3.61. The molecule has 26 heavy (non-hydrogen) atoms. The average Bonchev–Trinajstić information content (AvgIpc) is 2.99. The Labute approximate surface area is 160 Å². The predicted molar refractivity (Wildman–Crippen MR) is 101 cm³/mol. The third kappa shape index (κ3) is 3.89. The number of amides is 2. The van der Waals surface area contributed by atoms with E-state index in [0.29, 0.717) is 23.0 Å². The first-order valence-electron chi connectivity index (χ1n) is 9.44. The van der Waals surface area contributed by atoms with Gasteiger partial charge in [0.25, 0.3) is 5.91 Å². The molecule has 2 aliphatic rings. The number of halogens is 1. The molecule has 0 aromatic heterocycles. The van der Waals surface area contributed by atoms with Gasteiger partial charge in [0.1, 0.15) is 11.8 Å². The molecule has 1 aromatic rings. The highest BCUT2D eigenvalue weighted by atomic mass is 35.5. The summed E-state index contributed by atoms with van der Waals surface area (Å²) in [7, 11) is 0. The Balaban J connectivity index is 1.88. The van der Waals surface area contributed by atoms with Crippen LogP contribution in [0.25, 0.3) is 0 Å². The normalized spacial score (nSPS) is 22.0. The van der Waals surface area contributed by atoms with Crippen LogP contribution in [0, 0.1) is 5.92 Å². The summed E-state index contributed by atoms with van der Waals surface area (Å²) in [6.07, 6.45) is 4.70. The first-order valence-corrected chi connectivity index (χ1v) is 9.82. The lowest BCUT2D eigenvalue weighted by Gasteiger charge is -2.41. The van der Waals surface area contributed by atoms with Crippen molar-refractivity contribution in [3.05, 3.63) is 34.9 Å². The minimum atomic E-state index is -0.658. The summed E-state index contributed by atoms with van der Waals surface area (Å²) in [5.41, 5.74) is -0.124. The van der Waals surface area contributed by atoms with E-state index in [1.807, 2.05) is 13.8 Å². The molecule has 2 amide bonds. The molecule has 5 nitrogen and oxygen atoms in total. The van der Waals surface area contributed by atoms with Gasteiger partial charge >= 0.3 is 0 Å². The van der Waals surface area contributed by atoms with Crippen molar-refractivity contribution in [3.8, 4) is 0 Å². The second-order valence-electron chi connectivity index (χ2n) is 7.65. The molecule has 0 radical (unpaired) electrons. The molecule has 1 aromatic carbocycles. The van der Waals surface area contributed by atoms with Gasteiger partial charge in [-0.25, -0.2) is 0 Å². The number of benzene rings is 1. The van der Waals surface area contributed by atoms with E-state index in [9.17, 15) is 9.59 Å². The Morgan fingerprint density at radius 1 is 1.23 bits per heavy atom. The fourth-order valence-electron chi connectivity index (χ4n) is 3.83. The lowest BCUT2D eigenvalue weighted by Crippen LogP contribution is -2.56. The molecule has 1 N–H and O–H groups in total. The lowest BCUT2D eigenvalue weighted by molar-refractivity contribution is -0.127. The lowest BCUT2D eigenvalue weighted by atomic mass is 9.89. The van der Waals surface area contributed by atoms with Gasteiger partial charge in [-0.3, -0.25) is 14.5 Å². The number of ether oxygens (including phenoxy) is 1. The molecule has 1 unspecified atom stereocenters. The summed E-state index contributed by atoms with van der Waals surface area (Å²) in [5, 5.41) is 3.54. The van der Waals surface area contributed by atoms with Gasteiger partial charge in [0.2, 0.25) is 5.91 Å². The molecular formula is C20H27ClN2O3. The van der Waals surface area contributed by atoms with Gasteiger partial charge in [-0.2, -0.15) is 0 Å². The van der Waals surface area contributed by atoms with Crippen LogP contribution in [0.4, 0.5) is 0 Å². The molecule has 1 heterocycles. The van der Waals surface area contributed by atoms with Crippen molar-refractivity contribution in [2.24, 2.45) is 5.92 Å². The van der Waals surface area contributed by atoms with Crippen molar-refractivity contribution in [3.63, 3.8) is 0 Å². The Bertz CT molecular complexity index is 654. The molecule has 6 heteroatoms. The molecule has 2 fully saturated rings.